The molecule has 2 aliphatic rings. The van der Waals surface area contributed by atoms with Gasteiger partial charge in [0.1, 0.15) is 11.6 Å². The SMILES string of the molecule is Nc1ncc(-c2ccc(N3CCOCC3)cc2)cc1-c1cc2c(cc1F)C(=O)NCC2. The fraction of sp³-hybridized carbons (Fsp3) is 0.250. The van der Waals surface area contributed by atoms with Crippen molar-refractivity contribution >= 4 is 17.4 Å². The van der Waals surface area contributed by atoms with Crippen LogP contribution in [0.4, 0.5) is 15.9 Å². The van der Waals surface area contributed by atoms with Crippen LogP contribution in [0.1, 0.15) is 15.9 Å². The first-order valence-electron chi connectivity index (χ1n) is 10.4. The number of nitrogen functional groups attached to an aromatic ring is 1. The lowest BCUT2D eigenvalue weighted by Crippen LogP contribution is -2.36. The molecule has 1 amide bonds. The van der Waals surface area contributed by atoms with Crippen molar-refractivity contribution in [1.29, 1.82) is 0 Å². The van der Waals surface area contributed by atoms with Gasteiger partial charge in [-0.3, -0.25) is 4.79 Å². The second kappa shape index (κ2) is 8.00. The number of fused-ring (bicyclic) bond motifs is 1. The minimum absolute atomic E-state index is 0.244. The van der Waals surface area contributed by atoms with Crippen LogP contribution in [0, 0.1) is 5.82 Å². The van der Waals surface area contributed by atoms with E-state index in [0.717, 1.165) is 48.7 Å². The second-order valence-corrected chi connectivity index (χ2v) is 7.80. The standard InChI is InChI=1S/C24H23FN4O2/c25-22-13-19-16(5-6-27-24(19)30)11-20(22)21-12-17(14-28-23(21)26)15-1-3-18(4-2-15)29-7-9-31-10-8-29/h1-4,11-14H,5-10H2,(H2,26,28)(H,27,30). The van der Waals surface area contributed by atoms with Crippen LogP contribution in [0.25, 0.3) is 22.3 Å². The molecule has 7 heteroatoms. The lowest BCUT2D eigenvalue weighted by Gasteiger charge is -2.28. The number of aromatic nitrogens is 1. The van der Waals surface area contributed by atoms with E-state index < -0.39 is 5.82 Å². The number of nitrogens with two attached hydrogens (primary N) is 1. The van der Waals surface area contributed by atoms with Gasteiger partial charge in [0.2, 0.25) is 0 Å². The maximum Gasteiger partial charge on any atom is 0.251 e. The summed E-state index contributed by atoms with van der Waals surface area (Å²) in [7, 11) is 0. The number of hydrogen-bond donors (Lipinski definition) is 2. The molecule has 1 aromatic heterocycles. The number of nitrogens with zero attached hydrogens (tertiary/aromatic N) is 2. The van der Waals surface area contributed by atoms with Crippen LogP contribution in [0.3, 0.4) is 0 Å². The first-order valence-corrected chi connectivity index (χ1v) is 10.4. The molecule has 1 fully saturated rings. The molecule has 2 aliphatic heterocycles. The molecule has 3 aromatic rings. The van der Waals surface area contributed by atoms with Crippen LogP contribution in [-0.4, -0.2) is 43.7 Å². The van der Waals surface area contributed by atoms with Gasteiger partial charge < -0.3 is 20.7 Å². The first-order chi connectivity index (χ1) is 15.1. The summed E-state index contributed by atoms with van der Waals surface area (Å²) in [6, 6.07) is 13.1. The molecule has 0 aliphatic carbocycles. The Bertz CT molecular complexity index is 1140. The number of rotatable bonds is 3. The van der Waals surface area contributed by atoms with Gasteiger partial charge in [-0.25, -0.2) is 9.37 Å². The maximum atomic E-state index is 14.9. The van der Waals surface area contributed by atoms with Gasteiger partial charge in [-0.2, -0.15) is 0 Å². The molecule has 0 radical (unpaired) electrons. The van der Waals surface area contributed by atoms with Crippen LogP contribution >= 0.6 is 0 Å². The number of halogens is 1. The van der Waals surface area contributed by atoms with Crippen molar-refractivity contribution in [3.8, 4) is 22.3 Å². The normalized spacial score (nSPS) is 16.0. The van der Waals surface area contributed by atoms with Crippen LogP contribution < -0.4 is 16.0 Å². The van der Waals surface area contributed by atoms with Crippen LogP contribution in [0.2, 0.25) is 0 Å². The summed E-state index contributed by atoms with van der Waals surface area (Å²) in [6.45, 7) is 3.77. The van der Waals surface area contributed by atoms with E-state index in [4.69, 9.17) is 10.5 Å². The molecule has 1 saturated heterocycles. The molecule has 0 spiro atoms. The number of carbonyl (C=O) groups is 1. The monoisotopic (exact) mass is 418 g/mol. The molecule has 0 saturated carbocycles. The minimum atomic E-state index is -0.482. The summed E-state index contributed by atoms with van der Waals surface area (Å²) in [5.41, 5.74) is 11.2. The molecule has 0 unspecified atom stereocenters. The zero-order valence-corrected chi connectivity index (χ0v) is 17.0. The van der Waals surface area contributed by atoms with Gasteiger partial charge in [-0.1, -0.05) is 12.1 Å². The molecule has 158 valence electrons. The molecule has 5 rings (SSSR count). The Labute approximate surface area is 179 Å². The van der Waals surface area contributed by atoms with Crippen molar-refractivity contribution in [2.75, 3.05) is 43.5 Å². The Morgan fingerprint density at radius 2 is 1.77 bits per heavy atom. The summed E-state index contributed by atoms with van der Waals surface area (Å²) in [6.07, 6.45) is 2.36. The van der Waals surface area contributed by atoms with E-state index in [1.54, 1.807) is 12.3 Å². The van der Waals surface area contributed by atoms with E-state index in [1.807, 2.05) is 18.2 Å². The number of pyridine rings is 1. The third-order valence-corrected chi connectivity index (χ3v) is 5.90. The van der Waals surface area contributed by atoms with E-state index in [-0.39, 0.29) is 11.7 Å². The molecule has 3 N–H and O–H groups in total. The summed E-state index contributed by atoms with van der Waals surface area (Å²) < 4.78 is 20.3. The molecule has 6 nitrogen and oxygen atoms in total. The van der Waals surface area contributed by atoms with Crippen molar-refractivity contribution in [3.05, 3.63) is 65.6 Å². The van der Waals surface area contributed by atoms with Gasteiger partial charge in [-0.05, 0) is 47.9 Å². The minimum Gasteiger partial charge on any atom is -0.383 e. The largest absolute Gasteiger partial charge is 0.383 e. The van der Waals surface area contributed by atoms with Gasteiger partial charge in [0.05, 0.1) is 13.2 Å². The fourth-order valence-corrected chi connectivity index (χ4v) is 4.18. The third kappa shape index (κ3) is 3.72. The highest BCUT2D eigenvalue weighted by molar-refractivity contribution is 5.97. The van der Waals surface area contributed by atoms with Gasteiger partial charge in [0.15, 0.2) is 0 Å². The number of carbonyl (C=O) groups excluding carboxylic acids is 1. The summed E-state index contributed by atoms with van der Waals surface area (Å²) >= 11 is 0. The second-order valence-electron chi connectivity index (χ2n) is 7.80. The van der Waals surface area contributed by atoms with Crippen molar-refractivity contribution < 1.29 is 13.9 Å². The predicted molar refractivity (Wildman–Crippen MR) is 119 cm³/mol. The average Bonchev–Trinajstić information content (AvgIpc) is 2.81. The van der Waals surface area contributed by atoms with Gasteiger partial charge >= 0.3 is 0 Å². The van der Waals surface area contributed by atoms with E-state index in [1.165, 1.54) is 6.07 Å². The van der Waals surface area contributed by atoms with Crippen LogP contribution in [0.15, 0.2) is 48.7 Å². The fourth-order valence-electron chi connectivity index (χ4n) is 4.18. The number of ether oxygens (including phenoxy) is 1. The Morgan fingerprint density at radius 1 is 1.00 bits per heavy atom. The third-order valence-electron chi connectivity index (χ3n) is 5.90. The van der Waals surface area contributed by atoms with E-state index in [0.29, 0.717) is 29.7 Å². The topological polar surface area (TPSA) is 80.5 Å². The van der Waals surface area contributed by atoms with E-state index in [2.05, 4.69) is 27.3 Å². The average molecular weight is 418 g/mol. The Morgan fingerprint density at radius 3 is 2.55 bits per heavy atom. The Hall–Kier alpha value is -3.45. The summed E-state index contributed by atoms with van der Waals surface area (Å²) in [5, 5.41) is 2.74. The lowest BCUT2D eigenvalue weighted by molar-refractivity contribution is 0.0945. The molecular formula is C24H23FN4O2. The zero-order valence-electron chi connectivity index (χ0n) is 17.0. The Kier molecular flexibility index (Phi) is 5.03. The predicted octanol–water partition coefficient (Wildman–Crippen LogP) is 3.26. The van der Waals surface area contributed by atoms with Crippen molar-refractivity contribution in [1.82, 2.24) is 10.3 Å². The van der Waals surface area contributed by atoms with Crippen molar-refractivity contribution in [3.63, 3.8) is 0 Å². The number of benzene rings is 2. The Balaban J connectivity index is 1.49. The highest BCUT2D eigenvalue weighted by Gasteiger charge is 2.21. The molecule has 3 heterocycles. The highest BCUT2D eigenvalue weighted by Crippen LogP contribution is 2.34. The molecular weight excluding hydrogens is 395 g/mol. The molecule has 0 atom stereocenters. The summed E-state index contributed by atoms with van der Waals surface area (Å²) in [4.78, 5) is 18.6. The molecule has 0 bridgehead atoms. The van der Waals surface area contributed by atoms with E-state index >= 15 is 0 Å². The number of anilines is 2. The summed E-state index contributed by atoms with van der Waals surface area (Å²) in [5.74, 6) is -0.469. The molecule has 2 aromatic carbocycles. The number of amides is 1. The number of hydrogen-bond acceptors (Lipinski definition) is 5. The van der Waals surface area contributed by atoms with Gasteiger partial charge in [-0.15, -0.1) is 0 Å². The van der Waals surface area contributed by atoms with E-state index in [9.17, 15) is 9.18 Å². The lowest BCUT2D eigenvalue weighted by atomic mass is 9.93. The van der Waals surface area contributed by atoms with Crippen LogP contribution in [0.5, 0.6) is 0 Å². The smallest absolute Gasteiger partial charge is 0.251 e. The van der Waals surface area contributed by atoms with Crippen molar-refractivity contribution in [2.24, 2.45) is 0 Å². The zero-order chi connectivity index (χ0) is 21.4. The maximum absolute atomic E-state index is 14.9. The number of morpholine rings is 1. The quantitative estimate of drug-likeness (QED) is 0.683. The highest BCUT2D eigenvalue weighted by atomic mass is 19.1. The van der Waals surface area contributed by atoms with Crippen molar-refractivity contribution in [2.45, 2.75) is 6.42 Å². The van der Waals surface area contributed by atoms with Gasteiger partial charge in [0.25, 0.3) is 5.91 Å². The molecule has 31 heavy (non-hydrogen) atoms. The van der Waals surface area contributed by atoms with Crippen LogP contribution in [-0.2, 0) is 11.2 Å². The van der Waals surface area contributed by atoms with Gasteiger partial charge in [0, 0.05) is 53.8 Å². The number of nitrogens with one attached hydrogen (secondary N) is 1. The first kappa shape index (κ1) is 19.5.